The van der Waals surface area contributed by atoms with Gasteiger partial charge in [-0.1, -0.05) is 54.6 Å². The molecular formula is C25H26BN3O4. The summed E-state index contributed by atoms with van der Waals surface area (Å²) in [6.45, 7) is 1.37. The van der Waals surface area contributed by atoms with Gasteiger partial charge in [-0.2, -0.15) is 0 Å². The van der Waals surface area contributed by atoms with E-state index in [-0.39, 0.29) is 5.97 Å². The van der Waals surface area contributed by atoms with Crippen LogP contribution in [0.3, 0.4) is 0 Å². The minimum atomic E-state index is -1.15. The molecule has 8 heteroatoms. The molecule has 3 N–H and O–H groups in total. The van der Waals surface area contributed by atoms with Crippen molar-refractivity contribution in [2.75, 3.05) is 24.7 Å². The van der Waals surface area contributed by atoms with Crippen LogP contribution in [0.1, 0.15) is 18.5 Å². The minimum Gasteiger partial charge on any atom is -0.469 e. The predicted molar refractivity (Wildman–Crippen MR) is 129 cm³/mol. The molecule has 4 atom stereocenters. The Balaban J connectivity index is 1.63. The van der Waals surface area contributed by atoms with Gasteiger partial charge in [0.15, 0.2) is 0 Å². The highest BCUT2D eigenvalue weighted by atomic mass is 16.5. The average molecular weight is 443 g/mol. The maximum absolute atomic E-state index is 13.2. The summed E-state index contributed by atoms with van der Waals surface area (Å²) in [5.74, 6) is -1.97. The fourth-order valence-corrected chi connectivity index (χ4v) is 5.53. The number of ether oxygens (including phenoxy) is 2. The molecular weight excluding hydrogens is 417 g/mol. The first-order valence-electron chi connectivity index (χ1n) is 11.0. The van der Waals surface area contributed by atoms with Crippen LogP contribution in [0.15, 0.2) is 66.7 Å². The van der Waals surface area contributed by atoms with E-state index in [1.165, 1.54) is 14.2 Å². The zero-order chi connectivity index (χ0) is 23.2. The van der Waals surface area contributed by atoms with Crippen molar-refractivity contribution in [3.8, 4) is 0 Å². The van der Waals surface area contributed by atoms with Crippen LogP contribution in [-0.2, 0) is 19.1 Å². The highest BCUT2D eigenvalue weighted by molar-refractivity contribution is 6.70. The highest BCUT2D eigenvalue weighted by Crippen LogP contribution is 2.51. The first kappa shape index (κ1) is 21.3. The molecule has 3 aromatic rings. The maximum atomic E-state index is 13.2. The molecule has 2 aliphatic rings. The Kier molecular flexibility index (Phi) is 5.25. The van der Waals surface area contributed by atoms with E-state index in [0.29, 0.717) is 0 Å². The van der Waals surface area contributed by atoms with Gasteiger partial charge in [0.2, 0.25) is 0 Å². The van der Waals surface area contributed by atoms with E-state index in [9.17, 15) is 9.59 Å². The van der Waals surface area contributed by atoms with Crippen molar-refractivity contribution >= 4 is 41.1 Å². The third kappa shape index (κ3) is 3.33. The number of methoxy groups -OCH3 is 2. The SMILES string of the molecule is COC(=O)[C@@H]1[C@H](c2ccccc2)N[C@](C)(C(=O)OC)[C@H]1B1Nc2cccc3cccc(c23)N1. The van der Waals surface area contributed by atoms with Crippen LogP contribution in [0.2, 0.25) is 5.82 Å². The van der Waals surface area contributed by atoms with Crippen LogP contribution >= 0.6 is 0 Å². The molecule has 7 nitrogen and oxygen atoms in total. The van der Waals surface area contributed by atoms with Crippen LogP contribution in [0.5, 0.6) is 0 Å². The number of carbonyl (C=O) groups excluding carboxylic acids is 2. The normalized spacial score (nSPS) is 25.8. The molecule has 0 amide bonds. The predicted octanol–water partition coefficient (Wildman–Crippen LogP) is 3.60. The third-order valence-electron chi connectivity index (χ3n) is 7.00. The van der Waals surface area contributed by atoms with Crippen LogP contribution in [0, 0.1) is 5.92 Å². The molecule has 1 saturated heterocycles. The second-order valence-corrected chi connectivity index (χ2v) is 8.78. The lowest BCUT2D eigenvalue weighted by atomic mass is 9.50. The van der Waals surface area contributed by atoms with Gasteiger partial charge in [-0.25, -0.2) is 0 Å². The number of nitrogens with one attached hydrogen (secondary N) is 3. The topological polar surface area (TPSA) is 88.7 Å². The summed E-state index contributed by atoms with van der Waals surface area (Å²) in [7, 11) is 2.75. The Morgan fingerprint density at radius 1 is 0.879 bits per heavy atom. The quantitative estimate of drug-likeness (QED) is 0.420. The molecule has 5 rings (SSSR count). The molecule has 0 unspecified atom stereocenters. The van der Waals surface area contributed by atoms with Crippen molar-refractivity contribution in [2.24, 2.45) is 5.92 Å². The Bertz CT molecular complexity index is 1180. The number of rotatable bonds is 4. The van der Waals surface area contributed by atoms with Crippen LogP contribution < -0.4 is 15.8 Å². The monoisotopic (exact) mass is 443 g/mol. The molecule has 168 valence electrons. The number of anilines is 2. The number of benzene rings is 3. The van der Waals surface area contributed by atoms with Crippen molar-refractivity contribution < 1.29 is 19.1 Å². The van der Waals surface area contributed by atoms with Gasteiger partial charge < -0.3 is 19.9 Å². The molecule has 0 bridgehead atoms. The van der Waals surface area contributed by atoms with E-state index in [0.717, 1.165) is 27.7 Å². The van der Waals surface area contributed by atoms with Gasteiger partial charge in [-0.15, -0.1) is 0 Å². The number of esters is 2. The smallest absolute Gasteiger partial charge is 0.376 e. The summed E-state index contributed by atoms with van der Waals surface area (Å²) >= 11 is 0. The fourth-order valence-electron chi connectivity index (χ4n) is 5.53. The summed E-state index contributed by atoms with van der Waals surface area (Å²) in [5.41, 5.74) is 1.65. The lowest BCUT2D eigenvalue weighted by molar-refractivity contribution is -0.148. The summed E-state index contributed by atoms with van der Waals surface area (Å²) in [6.07, 6.45) is 0. The molecule has 2 aliphatic heterocycles. The molecule has 3 aromatic carbocycles. The zero-order valence-electron chi connectivity index (χ0n) is 18.8. The van der Waals surface area contributed by atoms with E-state index in [1.807, 2.05) is 54.6 Å². The molecule has 0 aromatic heterocycles. The van der Waals surface area contributed by atoms with E-state index in [4.69, 9.17) is 9.47 Å². The minimum absolute atomic E-state index is 0.380. The second-order valence-electron chi connectivity index (χ2n) is 8.78. The van der Waals surface area contributed by atoms with Gasteiger partial charge in [-0.3, -0.25) is 14.9 Å². The fraction of sp³-hybridized carbons (Fsp3) is 0.280. The summed E-state index contributed by atoms with van der Waals surface area (Å²) < 4.78 is 10.5. The molecule has 0 saturated carbocycles. The third-order valence-corrected chi connectivity index (χ3v) is 7.00. The number of hydrogen-bond acceptors (Lipinski definition) is 7. The standard InChI is InChI=1S/C25H26BN3O4/c1-25(24(31)33-3)22(20(23(30)32-2)21(27-25)16-9-5-4-6-10-16)26-28-17-13-7-11-15-12-8-14-18(29-26)19(15)17/h4-14,20-22,27-29H,1-3H3/t20-,21+,22+,25+/m1/s1. The molecule has 33 heavy (non-hydrogen) atoms. The maximum Gasteiger partial charge on any atom is 0.376 e. The second kappa shape index (κ2) is 8.12. The van der Waals surface area contributed by atoms with Crippen molar-refractivity contribution in [3.05, 3.63) is 72.3 Å². The average Bonchev–Trinajstić information content (AvgIpc) is 3.18. The molecule has 0 aliphatic carbocycles. The highest BCUT2D eigenvalue weighted by Gasteiger charge is 2.63. The van der Waals surface area contributed by atoms with Gasteiger partial charge in [0, 0.05) is 28.6 Å². The lowest BCUT2D eigenvalue weighted by Crippen LogP contribution is -2.57. The molecule has 2 heterocycles. The number of carbonyl (C=O) groups is 2. The molecule has 0 spiro atoms. The van der Waals surface area contributed by atoms with Crippen molar-refractivity contribution in [1.29, 1.82) is 0 Å². The lowest BCUT2D eigenvalue weighted by Gasteiger charge is -2.37. The summed E-state index contributed by atoms with van der Waals surface area (Å²) in [4.78, 5) is 26.4. The van der Waals surface area contributed by atoms with E-state index in [2.05, 4.69) is 27.9 Å². The van der Waals surface area contributed by atoms with Gasteiger partial charge in [0.25, 0.3) is 0 Å². The number of hydrogen-bond donors (Lipinski definition) is 3. The Hall–Kier alpha value is -3.52. The van der Waals surface area contributed by atoms with Gasteiger partial charge >= 0.3 is 18.9 Å². The molecule has 0 radical (unpaired) electrons. The summed E-state index contributed by atoms with van der Waals surface area (Å²) in [5, 5.41) is 12.7. The van der Waals surface area contributed by atoms with Crippen molar-refractivity contribution in [1.82, 2.24) is 5.32 Å². The van der Waals surface area contributed by atoms with Gasteiger partial charge in [0.1, 0.15) is 5.54 Å². The van der Waals surface area contributed by atoms with Crippen molar-refractivity contribution in [2.45, 2.75) is 24.3 Å². The van der Waals surface area contributed by atoms with Gasteiger partial charge in [-0.05, 0) is 30.0 Å². The first-order chi connectivity index (χ1) is 16.0. The van der Waals surface area contributed by atoms with Gasteiger partial charge in [0.05, 0.1) is 20.1 Å². The van der Waals surface area contributed by atoms with E-state index in [1.54, 1.807) is 6.92 Å². The Morgan fingerprint density at radius 3 is 2.09 bits per heavy atom. The zero-order valence-corrected chi connectivity index (χ0v) is 18.8. The summed E-state index contributed by atoms with van der Waals surface area (Å²) in [6, 6.07) is 21.4. The first-order valence-corrected chi connectivity index (χ1v) is 11.0. The largest absolute Gasteiger partial charge is 0.469 e. The Morgan fingerprint density at radius 2 is 1.52 bits per heavy atom. The van der Waals surface area contributed by atoms with Crippen LogP contribution in [-0.4, -0.2) is 38.7 Å². The molecule has 1 fully saturated rings. The van der Waals surface area contributed by atoms with Crippen molar-refractivity contribution in [3.63, 3.8) is 0 Å². The van der Waals surface area contributed by atoms with E-state index < -0.39 is 36.3 Å². The van der Waals surface area contributed by atoms with E-state index >= 15 is 0 Å². The van der Waals surface area contributed by atoms with Crippen LogP contribution in [0.4, 0.5) is 11.4 Å². The van der Waals surface area contributed by atoms with Crippen LogP contribution in [0.25, 0.3) is 10.8 Å². The Labute approximate surface area is 193 Å².